The van der Waals surface area contributed by atoms with Gasteiger partial charge in [0, 0.05) is 13.2 Å². The van der Waals surface area contributed by atoms with Gasteiger partial charge in [-0.15, -0.1) is 0 Å². The van der Waals surface area contributed by atoms with Crippen LogP contribution in [0, 0.1) is 0 Å². The van der Waals surface area contributed by atoms with Crippen molar-refractivity contribution in [1.29, 1.82) is 0 Å². The van der Waals surface area contributed by atoms with Gasteiger partial charge in [0.25, 0.3) is 5.91 Å². The molecular formula is C11H13N3O4. The van der Waals surface area contributed by atoms with Crippen molar-refractivity contribution in [1.82, 2.24) is 15.6 Å². The van der Waals surface area contributed by atoms with Crippen molar-refractivity contribution in [3.63, 3.8) is 0 Å². The Bertz CT molecular complexity index is 487. The van der Waals surface area contributed by atoms with Crippen molar-refractivity contribution in [2.45, 2.75) is 13.0 Å². The second-order valence-electron chi connectivity index (χ2n) is 3.51. The number of pyridine rings is 1. The molecule has 1 unspecified atom stereocenters. The van der Waals surface area contributed by atoms with Crippen LogP contribution in [0.15, 0.2) is 18.3 Å². The molecule has 0 aliphatic heterocycles. The summed E-state index contributed by atoms with van der Waals surface area (Å²) >= 11 is 0. The summed E-state index contributed by atoms with van der Waals surface area (Å²) in [5.74, 6) is -2.33. The van der Waals surface area contributed by atoms with E-state index in [4.69, 9.17) is 5.11 Å². The molecule has 7 heteroatoms. The lowest BCUT2D eigenvalue weighted by atomic mass is 10.1. The van der Waals surface area contributed by atoms with Crippen molar-refractivity contribution < 1.29 is 19.5 Å². The second kappa shape index (κ2) is 5.76. The van der Waals surface area contributed by atoms with Gasteiger partial charge in [0.05, 0.1) is 5.56 Å². The minimum Gasteiger partial charge on any atom is -0.478 e. The first-order valence-electron chi connectivity index (χ1n) is 5.18. The monoisotopic (exact) mass is 251 g/mol. The number of carboxylic acid groups (broad SMARTS) is 1. The molecule has 1 heterocycles. The fourth-order valence-electron chi connectivity index (χ4n) is 1.31. The predicted octanol–water partition coefficient (Wildman–Crippen LogP) is -0.356. The Morgan fingerprint density at radius 2 is 2.06 bits per heavy atom. The third-order valence-corrected chi connectivity index (χ3v) is 2.24. The molecule has 1 atom stereocenters. The van der Waals surface area contributed by atoms with Crippen LogP contribution in [0.2, 0.25) is 0 Å². The Morgan fingerprint density at radius 3 is 2.61 bits per heavy atom. The van der Waals surface area contributed by atoms with E-state index in [9.17, 15) is 14.4 Å². The van der Waals surface area contributed by atoms with Crippen LogP contribution in [0.1, 0.15) is 27.8 Å². The number of hydrogen-bond donors (Lipinski definition) is 3. The highest BCUT2D eigenvalue weighted by Gasteiger charge is 2.21. The molecule has 7 nitrogen and oxygen atoms in total. The van der Waals surface area contributed by atoms with Gasteiger partial charge in [0.1, 0.15) is 11.7 Å². The summed E-state index contributed by atoms with van der Waals surface area (Å²) in [5.41, 5.74) is -0.431. The zero-order valence-electron chi connectivity index (χ0n) is 9.93. The highest BCUT2D eigenvalue weighted by Crippen LogP contribution is 2.05. The summed E-state index contributed by atoms with van der Waals surface area (Å²) < 4.78 is 0. The fourth-order valence-corrected chi connectivity index (χ4v) is 1.31. The van der Waals surface area contributed by atoms with E-state index in [1.165, 1.54) is 32.3 Å². The van der Waals surface area contributed by atoms with E-state index in [2.05, 4.69) is 15.6 Å². The summed E-state index contributed by atoms with van der Waals surface area (Å²) in [4.78, 5) is 37.6. The van der Waals surface area contributed by atoms with Crippen LogP contribution in [0.25, 0.3) is 0 Å². The normalized spacial score (nSPS) is 11.4. The van der Waals surface area contributed by atoms with Crippen molar-refractivity contribution in [3.05, 3.63) is 29.6 Å². The molecule has 0 radical (unpaired) electrons. The Balaban J connectivity index is 2.91. The van der Waals surface area contributed by atoms with Crippen LogP contribution >= 0.6 is 0 Å². The number of amides is 2. The smallest absolute Gasteiger partial charge is 0.338 e. The Labute approximate surface area is 103 Å². The van der Waals surface area contributed by atoms with E-state index in [0.29, 0.717) is 0 Å². The fraction of sp³-hybridized carbons (Fsp3) is 0.273. The van der Waals surface area contributed by atoms with Gasteiger partial charge in [0.2, 0.25) is 5.91 Å². The molecule has 0 aliphatic rings. The summed E-state index contributed by atoms with van der Waals surface area (Å²) in [5, 5.41) is 13.6. The highest BCUT2D eigenvalue weighted by atomic mass is 16.4. The molecule has 1 aromatic heterocycles. The Kier molecular flexibility index (Phi) is 4.36. The average molecular weight is 251 g/mol. The van der Waals surface area contributed by atoms with Crippen LogP contribution in [0.3, 0.4) is 0 Å². The van der Waals surface area contributed by atoms with Crippen molar-refractivity contribution in [2.24, 2.45) is 0 Å². The maximum Gasteiger partial charge on any atom is 0.338 e. The molecule has 0 saturated heterocycles. The van der Waals surface area contributed by atoms with E-state index < -0.39 is 17.9 Å². The quantitative estimate of drug-likeness (QED) is 0.677. The number of nitrogens with zero attached hydrogens (tertiary/aromatic N) is 1. The van der Waals surface area contributed by atoms with E-state index in [-0.39, 0.29) is 17.2 Å². The van der Waals surface area contributed by atoms with Crippen LogP contribution in [0.5, 0.6) is 0 Å². The molecule has 1 rings (SSSR count). The lowest BCUT2D eigenvalue weighted by Crippen LogP contribution is -2.44. The molecule has 0 fully saturated rings. The number of rotatable bonds is 4. The minimum atomic E-state index is -1.25. The standard InChI is InChI=1S/C11H13N3O4/c1-6(9(15)12-2)14-10(16)8-7(11(17)18)4-3-5-13-8/h3-6H,1-2H3,(H,12,15)(H,14,16)(H,17,18). The largest absolute Gasteiger partial charge is 0.478 e. The van der Waals surface area contributed by atoms with Gasteiger partial charge >= 0.3 is 5.97 Å². The van der Waals surface area contributed by atoms with Crippen LogP contribution < -0.4 is 10.6 Å². The lowest BCUT2D eigenvalue weighted by molar-refractivity contribution is -0.122. The molecule has 2 amide bonds. The van der Waals surface area contributed by atoms with Gasteiger partial charge in [-0.3, -0.25) is 14.6 Å². The van der Waals surface area contributed by atoms with Gasteiger partial charge in [-0.1, -0.05) is 0 Å². The molecule has 0 aliphatic carbocycles. The summed E-state index contributed by atoms with van der Waals surface area (Å²) in [6, 6.07) is 1.92. The number of nitrogens with one attached hydrogen (secondary N) is 2. The van der Waals surface area contributed by atoms with E-state index >= 15 is 0 Å². The number of likely N-dealkylation sites (N-methyl/N-ethyl adjacent to an activating group) is 1. The Morgan fingerprint density at radius 1 is 1.39 bits per heavy atom. The first-order valence-corrected chi connectivity index (χ1v) is 5.18. The summed E-state index contributed by atoms with van der Waals surface area (Å²) in [6.07, 6.45) is 1.31. The maximum atomic E-state index is 11.8. The third-order valence-electron chi connectivity index (χ3n) is 2.24. The number of carboxylic acids is 1. The zero-order chi connectivity index (χ0) is 13.7. The molecule has 0 saturated carbocycles. The number of aromatic carboxylic acids is 1. The SMILES string of the molecule is CNC(=O)C(C)NC(=O)c1ncccc1C(=O)O. The number of carbonyl (C=O) groups is 3. The number of aromatic nitrogens is 1. The topological polar surface area (TPSA) is 108 Å². The first kappa shape index (κ1) is 13.6. The number of hydrogen-bond acceptors (Lipinski definition) is 4. The van der Waals surface area contributed by atoms with Gasteiger partial charge in [-0.05, 0) is 19.1 Å². The van der Waals surface area contributed by atoms with E-state index in [0.717, 1.165) is 0 Å². The second-order valence-corrected chi connectivity index (χ2v) is 3.51. The molecule has 0 aromatic carbocycles. The highest BCUT2D eigenvalue weighted by molar-refractivity contribution is 6.04. The van der Waals surface area contributed by atoms with Crippen LogP contribution in [0.4, 0.5) is 0 Å². The van der Waals surface area contributed by atoms with Gasteiger partial charge < -0.3 is 15.7 Å². The van der Waals surface area contributed by atoms with Gasteiger partial charge in [-0.2, -0.15) is 0 Å². The molecule has 0 bridgehead atoms. The van der Waals surface area contributed by atoms with Crippen molar-refractivity contribution in [2.75, 3.05) is 7.05 Å². The maximum absolute atomic E-state index is 11.8. The van der Waals surface area contributed by atoms with E-state index in [1.54, 1.807) is 0 Å². The van der Waals surface area contributed by atoms with Crippen molar-refractivity contribution >= 4 is 17.8 Å². The molecule has 3 N–H and O–H groups in total. The van der Waals surface area contributed by atoms with Crippen molar-refractivity contribution in [3.8, 4) is 0 Å². The molecule has 18 heavy (non-hydrogen) atoms. The molecule has 1 aromatic rings. The average Bonchev–Trinajstić information content (AvgIpc) is 2.37. The molecule has 96 valence electrons. The van der Waals surface area contributed by atoms with Gasteiger partial charge in [0.15, 0.2) is 0 Å². The lowest BCUT2D eigenvalue weighted by Gasteiger charge is -2.12. The summed E-state index contributed by atoms with van der Waals surface area (Å²) in [7, 11) is 1.44. The van der Waals surface area contributed by atoms with Crippen LogP contribution in [-0.4, -0.2) is 41.0 Å². The predicted molar refractivity (Wildman–Crippen MR) is 62.2 cm³/mol. The van der Waals surface area contributed by atoms with Crippen LogP contribution in [-0.2, 0) is 4.79 Å². The summed E-state index contributed by atoms with van der Waals surface area (Å²) in [6.45, 7) is 1.49. The third kappa shape index (κ3) is 3.03. The Hall–Kier alpha value is -2.44. The molecular weight excluding hydrogens is 238 g/mol. The molecule has 0 spiro atoms. The number of carbonyl (C=O) groups excluding carboxylic acids is 2. The van der Waals surface area contributed by atoms with Gasteiger partial charge in [-0.25, -0.2) is 4.79 Å². The van der Waals surface area contributed by atoms with E-state index in [1.807, 2.05) is 0 Å². The first-order chi connectivity index (χ1) is 8.47. The zero-order valence-corrected chi connectivity index (χ0v) is 9.93. The minimum absolute atomic E-state index is 0.209.